The second-order valence-corrected chi connectivity index (χ2v) is 3.92. The van der Waals surface area contributed by atoms with Gasteiger partial charge in [0.1, 0.15) is 11.7 Å². The predicted molar refractivity (Wildman–Crippen MR) is 64.5 cm³/mol. The lowest BCUT2D eigenvalue weighted by Gasteiger charge is -2.21. The van der Waals surface area contributed by atoms with Crippen molar-refractivity contribution in [2.24, 2.45) is 5.92 Å². The topological polar surface area (TPSA) is 83.8 Å². The van der Waals surface area contributed by atoms with Gasteiger partial charge in [-0.3, -0.25) is 4.79 Å². The first kappa shape index (κ1) is 14.0. The number of hydrogen-bond donors (Lipinski definition) is 2. The number of benzene rings is 1. The summed E-state index contributed by atoms with van der Waals surface area (Å²) in [5, 5.41) is 18.2. The number of hydrogen-bond acceptors (Lipinski definition) is 3. The molecule has 18 heavy (non-hydrogen) atoms. The van der Waals surface area contributed by atoms with E-state index in [4.69, 9.17) is 14.9 Å². The molecule has 98 valence electrons. The molecule has 0 aliphatic rings. The molecule has 0 saturated carbocycles. The fourth-order valence-electron chi connectivity index (χ4n) is 1.67. The average molecular weight is 252 g/mol. The minimum absolute atomic E-state index is 0.263. The number of carbonyl (C=O) groups is 2. The molecular formula is C13H16O5. The highest BCUT2D eigenvalue weighted by atomic mass is 16.5. The molecule has 0 aromatic heterocycles. The summed E-state index contributed by atoms with van der Waals surface area (Å²) in [6.45, 7) is 1.80. The molecule has 0 heterocycles. The van der Waals surface area contributed by atoms with Gasteiger partial charge < -0.3 is 14.9 Å². The van der Waals surface area contributed by atoms with Crippen LogP contribution in [0, 0.1) is 5.92 Å². The van der Waals surface area contributed by atoms with Gasteiger partial charge in [0.15, 0.2) is 0 Å². The normalized spacial score (nSPS) is 13.6. The Morgan fingerprint density at radius 2 is 1.78 bits per heavy atom. The molecule has 2 N–H and O–H groups in total. The van der Waals surface area contributed by atoms with Crippen molar-refractivity contribution >= 4 is 11.9 Å². The molecule has 0 radical (unpaired) electrons. The van der Waals surface area contributed by atoms with Crippen LogP contribution in [0.15, 0.2) is 30.3 Å². The van der Waals surface area contributed by atoms with Crippen molar-refractivity contribution in [2.75, 3.05) is 0 Å². The maximum absolute atomic E-state index is 11.1. The molecule has 0 fully saturated rings. The minimum atomic E-state index is -1.37. The second-order valence-electron chi connectivity index (χ2n) is 3.92. The summed E-state index contributed by atoms with van der Waals surface area (Å²) in [5.74, 6) is -3.11. The molecule has 2 atom stereocenters. The average Bonchev–Trinajstić information content (AvgIpc) is 2.34. The Balaban J connectivity index is 2.87. The van der Waals surface area contributed by atoms with E-state index in [0.29, 0.717) is 12.2 Å². The molecule has 0 aliphatic heterocycles. The molecule has 0 saturated heterocycles. The molecular weight excluding hydrogens is 236 g/mol. The third kappa shape index (κ3) is 3.76. The standard InChI is InChI=1S/C13H16O5/c1-2-6-10(12(14)15)11(13(16)17)18-9-7-4-3-5-8-9/h3-5,7-8,10-11H,2,6H2,1H3,(H,14,15)(H,16,17). The number of aliphatic carboxylic acids is 2. The third-order valence-corrected chi connectivity index (χ3v) is 2.53. The lowest BCUT2D eigenvalue weighted by atomic mass is 9.97. The molecule has 0 bridgehead atoms. The van der Waals surface area contributed by atoms with Gasteiger partial charge in [0.05, 0.1) is 0 Å². The first-order chi connectivity index (χ1) is 8.56. The summed E-state index contributed by atoms with van der Waals surface area (Å²) < 4.78 is 5.27. The summed E-state index contributed by atoms with van der Waals surface area (Å²) in [6.07, 6.45) is -0.525. The van der Waals surface area contributed by atoms with Crippen molar-refractivity contribution in [3.8, 4) is 5.75 Å². The van der Waals surface area contributed by atoms with E-state index in [1.165, 1.54) is 0 Å². The van der Waals surface area contributed by atoms with Gasteiger partial charge in [-0.05, 0) is 18.6 Å². The fraction of sp³-hybridized carbons (Fsp3) is 0.385. The summed E-state index contributed by atoms with van der Waals surface area (Å²) in [4.78, 5) is 22.2. The van der Waals surface area contributed by atoms with Gasteiger partial charge in [-0.1, -0.05) is 31.5 Å². The van der Waals surface area contributed by atoms with Crippen molar-refractivity contribution in [1.29, 1.82) is 0 Å². The zero-order valence-electron chi connectivity index (χ0n) is 10.1. The molecule has 0 amide bonds. The Bertz CT molecular complexity index is 401. The summed E-state index contributed by atoms with van der Waals surface area (Å²) in [6, 6.07) is 8.36. The summed E-state index contributed by atoms with van der Waals surface area (Å²) in [5.41, 5.74) is 0. The number of carboxylic acids is 2. The van der Waals surface area contributed by atoms with Crippen LogP contribution in [0.2, 0.25) is 0 Å². The van der Waals surface area contributed by atoms with E-state index in [1.807, 2.05) is 0 Å². The van der Waals surface area contributed by atoms with E-state index in [-0.39, 0.29) is 6.42 Å². The molecule has 1 rings (SSSR count). The van der Waals surface area contributed by atoms with Gasteiger partial charge in [0, 0.05) is 0 Å². The van der Waals surface area contributed by atoms with E-state index in [0.717, 1.165) is 0 Å². The Morgan fingerprint density at radius 1 is 1.17 bits per heavy atom. The molecule has 1 aromatic carbocycles. The monoisotopic (exact) mass is 252 g/mol. The maximum atomic E-state index is 11.1. The van der Waals surface area contributed by atoms with E-state index >= 15 is 0 Å². The van der Waals surface area contributed by atoms with E-state index < -0.39 is 24.0 Å². The van der Waals surface area contributed by atoms with Crippen LogP contribution in [-0.2, 0) is 9.59 Å². The number of ether oxygens (including phenoxy) is 1. The highest BCUT2D eigenvalue weighted by Gasteiger charge is 2.35. The quantitative estimate of drug-likeness (QED) is 0.775. The van der Waals surface area contributed by atoms with Crippen LogP contribution >= 0.6 is 0 Å². The first-order valence-corrected chi connectivity index (χ1v) is 5.73. The lowest BCUT2D eigenvalue weighted by Crippen LogP contribution is -2.39. The minimum Gasteiger partial charge on any atom is -0.481 e. The largest absolute Gasteiger partial charge is 0.481 e. The van der Waals surface area contributed by atoms with Crippen molar-refractivity contribution in [1.82, 2.24) is 0 Å². The Morgan fingerprint density at radius 3 is 2.22 bits per heavy atom. The van der Waals surface area contributed by atoms with Crippen LogP contribution in [0.3, 0.4) is 0 Å². The van der Waals surface area contributed by atoms with Crippen LogP contribution in [0.25, 0.3) is 0 Å². The molecule has 1 aromatic rings. The van der Waals surface area contributed by atoms with Crippen LogP contribution in [0.1, 0.15) is 19.8 Å². The van der Waals surface area contributed by atoms with Crippen molar-refractivity contribution in [3.63, 3.8) is 0 Å². The van der Waals surface area contributed by atoms with Crippen LogP contribution in [-0.4, -0.2) is 28.3 Å². The van der Waals surface area contributed by atoms with Gasteiger partial charge in [0.2, 0.25) is 6.10 Å². The highest BCUT2D eigenvalue weighted by molar-refractivity contribution is 5.82. The molecule has 0 aliphatic carbocycles. The Hall–Kier alpha value is -2.04. The van der Waals surface area contributed by atoms with E-state index in [9.17, 15) is 9.59 Å². The van der Waals surface area contributed by atoms with Gasteiger partial charge in [0.25, 0.3) is 0 Å². The smallest absolute Gasteiger partial charge is 0.345 e. The van der Waals surface area contributed by atoms with E-state index in [2.05, 4.69) is 0 Å². The van der Waals surface area contributed by atoms with Crippen LogP contribution in [0.4, 0.5) is 0 Å². The number of carboxylic acid groups (broad SMARTS) is 2. The van der Waals surface area contributed by atoms with Gasteiger partial charge >= 0.3 is 11.9 Å². The first-order valence-electron chi connectivity index (χ1n) is 5.73. The molecule has 5 heteroatoms. The maximum Gasteiger partial charge on any atom is 0.345 e. The van der Waals surface area contributed by atoms with Crippen molar-refractivity contribution < 1.29 is 24.5 Å². The fourth-order valence-corrected chi connectivity index (χ4v) is 1.67. The van der Waals surface area contributed by atoms with Gasteiger partial charge in [-0.15, -0.1) is 0 Å². The zero-order valence-corrected chi connectivity index (χ0v) is 10.1. The van der Waals surface area contributed by atoms with Crippen LogP contribution in [0.5, 0.6) is 5.75 Å². The Kier molecular flexibility index (Phi) is 5.17. The lowest BCUT2D eigenvalue weighted by molar-refractivity contribution is -0.157. The van der Waals surface area contributed by atoms with Crippen molar-refractivity contribution in [2.45, 2.75) is 25.9 Å². The third-order valence-electron chi connectivity index (χ3n) is 2.53. The molecule has 2 unspecified atom stereocenters. The predicted octanol–water partition coefficient (Wildman–Crippen LogP) is 2.02. The molecule has 5 nitrogen and oxygen atoms in total. The summed E-state index contributed by atoms with van der Waals surface area (Å²) >= 11 is 0. The van der Waals surface area contributed by atoms with E-state index in [1.54, 1.807) is 37.3 Å². The number of rotatable bonds is 7. The van der Waals surface area contributed by atoms with Crippen LogP contribution < -0.4 is 4.74 Å². The van der Waals surface area contributed by atoms with Crippen molar-refractivity contribution in [3.05, 3.63) is 30.3 Å². The number of para-hydroxylation sites is 1. The second kappa shape index (κ2) is 6.64. The van der Waals surface area contributed by atoms with Gasteiger partial charge in [-0.25, -0.2) is 4.79 Å². The highest BCUT2D eigenvalue weighted by Crippen LogP contribution is 2.19. The molecule has 0 spiro atoms. The SMILES string of the molecule is CCCC(C(=O)O)C(Oc1ccccc1)C(=O)O. The Labute approximate surface area is 105 Å². The van der Waals surface area contributed by atoms with Gasteiger partial charge in [-0.2, -0.15) is 0 Å². The zero-order chi connectivity index (χ0) is 13.5. The summed E-state index contributed by atoms with van der Waals surface area (Å²) in [7, 11) is 0.